The second kappa shape index (κ2) is 5.19. The molecule has 1 fully saturated rings. The molecule has 19 heavy (non-hydrogen) atoms. The maximum Gasteiger partial charge on any atom is 0.223 e. The maximum atomic E-state index is 9.79. The Balaban J connectivity index is 1.85. The number of aromatic hydroxyl groups is 1. The Bertz CT molecular complexity index is 568. The molecule has 3 heterocycles. The summed E-state index contributed by atoms with van der Waals surface area (Å²) in [6, 6.07) is 3.87. The van der Waals surface area contributed by atoms with Crippen molar-refractivity contribution in [3.63, 3.8) is 0 Å². The number of nitrogens with one attached hydrogen (secondary N) is 2. The summed E-state index contributed by atoms with van der Waals surface area (Å²) in [7, 11) is 0. The van der Waals surface area contributed by atoms with Crippen molar-refractivity contribution in [1.82, 2.24) is 20.3 Å². The monoisotopic (exact) mass is 257 g/mol. The Morgan fingerprint density at radius 2 is 2.26 bits per heavy atom. The van der Waals surface area contributed by atoms with Crippen LogP contribution >= 0.6 is 0 Å². The fourth-order valence-electron chi connectivity index (χ4n) is 2.14. The third-order valence-corrected chi connectivity index (χ3v) is 3.13. The predicted molar refractivity (Wildman–Crippen MR) is 71.8 cm³/mol. The normalized spacial score (nSPS) is 18.4. The highest BCUT2D eigenvalue weighted by Crippen LogP contribution is 2.26. The van der Waals surface area contributed by atoms with Crippen LogP contribution in [0.25, 0.3) is 11.3 Å². The van der Waals surface area contributed by atoms with Crippen LogP contribution in [-0.4, -0.2) is 39.2 Å². The highest BCUT2D eigenvalue weighted by atomic mass is 16.3. The third-order valence-electron chi connectivity index (χ3n) is 3.13. The summed E-state index contributed by atoms with van der Waals surface area (Å²) in [6.07, 6.45) is 5.79. The molecule has 1 saturated heterocycles. The number of nitrogens with zero attached hydrogens (tertiary/aromatic N) is 3. The van der Waals surface area contributed by atoms with Crippen LogP contribution in [0.5, 0.6) is 5.75 Å². The Morgan fingerprint density at radius 3 is 3.05 bits per heavy atom. The van der Waals surface area contributed by atoms with E-state index >= 15 is 0 Å². The molecule has 6 nitrogen and oxygen atoms in total. The maximum absolute atomic E-state index is 9.79. The molecule has 98 valence electrons. The molecular weight excluding hydrogens is 242 g/mol. The first kappa shape index (κ1) is 11.9. The molecule has 0 saturated carbocycles. The number of anilines is 1. The summed E-state index contributed by atoms with van der Waals surface area (Å²) >= 11 is 0. The van der Waals surface area contributed by atoms with Crippen LogP contribution in [0.1, 0.15) is 6.42 Å². The molecule has 1 atom stereocenters. The Morgan fingerprint density at radius 1 is 1.32 bits per heavy atom. The van der Waals surface area contributed by atoms with Crippen molar-refractivity contribution in [1.29, 1.82) is 0 Å². The lowest BCUT2D eigenvalue weighted by Gasteiger charge is -2.11. The van der Waals surface area contributed by atoms with Gasteiger partial charge < -0.3 is 15.7 Å². The standard InChI is InChI=1S/C13H15N5O/c19-12-8-15-5-2-10(12)11-3-6-16-13(18-11)17-9-1-4-14-7-9/h2-3,5-6,8-9,14,19H,1,4,7H2,(H,16,17,18). The number of pyridine rings is 1. The average molecular weight is 257 g/mol. The quantitative estimate of drug-likeness (QED) is 0.761. The first-order chi connectivity index (χ1) is 9.33. The van der Waals surface area contributed by atoms with Gasteiger partial charge in [-0.25, -0.2) is 9.97 Å². The average Bonchev–Trinajstić information content (AvgIpc) is 2.92. The van der Waals surface area contributed by atoms with Gasteiger partial charge in [0.05, 0.1) is 11.9 Å². The van der Waals surface area contributed by atoms with Gasteiger partial charge in [0.1, 0.15) is 5.75 Å². The molecule has 0 radical (unpaired) electrons. The first-order valence-electron chi connectivity index (χ1n) is 6.26. The Kier molecular flexibility index (Phi) is 3.24. The van der Waals surface area contributed by atoms with Crippen LogP contribution in [0, 0.1) is 0 Å². The van der Waals surface area contributed by atoms with Crippen LogP contribution in [0.2, 0.25) is 0 Å². The molecule has 6 heteroatoms. The highest BCUT2D eigenvalue weighted by Gasteiger charge is 2.15. The van der Waals surface area contributed by atoms with Crippen molar-refractivity contribution in [2.45, 2.75) is 12.5 Å². The minimum Gasteiger partial charge on any atom is -0.506 e. The van der Waals surface area contributed by atoms with Gasteiger partial charge in [-0.1, -0.05) is 0 Å². The van der Waals surface area contributed by atoms with Crippen LogP contribution in [-0.2, 0) is 0 Å². The van der Waals surface area contributed by atoms with Crippen LogP contribution in [0.3, 0.4) is 0 Å². The van der Waals surface area contributed by atoms with E-state index < -0.39 is 0 Å². The fraction of sp³-hybridized carbons (Fsp3) is 0.308. The molecule has 0 amide bonds. The van der Waals surface area contributed by atoms with Gasteiger partial charge in [0.25, 0.3) is 0 Å². The largest absolute Gasteiger partial charge is 0.506 e. The molecule has 0 bridgehead atoms. The van der Waals surface area contributed by atoms with Gasteiger partial charge in [-0.2, -0.15) is 0 Å². The van der Waals surface area contributed by atoms with E-state index in [4.69, 9.17) is 0 Å². The third kappa shape index (κ3) is 2.63. The van der Waals surface area contributed by atoms with Crippen molar-refractivity contribution >= 4 is 5.95 Å². The molecule has 3 rings (SSSR count). The molecule has 3 N–H and O–H groups in total. The van der Waals surface area contributed by atoms with Gasteiger partial charge >= 0.3 is 0 Å². The lowest BCUT2D eigenvalue weighted by molar-refractivity contribution is 0.474. The predicted octanol–water partition coefficient (Wildman–Crippen LogP) is 1.02. The summed E-state index contributed by atoms with van der Waals surface area (Å²) in [6.45, 7) is 1.94. The Labute approximate surface area is 110 Å². The number of hydrogen-bond acceptors (Lipinski definition) is 6. The summed E-state index contributed by atoms with van der Waals surface area (Å²) in [5, 5.41) is 16.4. The summed E-state index contributed by atoms with van der Waals surface area (Å²) in [5.74, 6) is 0.706. The fourth-order valence-corrected chi connectivity index (χ4v) is 2.14. The summed E-state index contributed by atoms with van der Waals surface area (Å²) < 4.78 is 0. The molecule has 0 aliphatic carbocycles. The highest BCUT2D eigenvalue weighted by molar-refractivity contribution is 5.66. The SMILES string of the molecule is Oc1cnccc1-c1ccnc(NC2CCNC2)n1. The van der Waals surface area contributed by atoms with Gasteiger partial charge in [-0.05, 0) is 25.1 Å². The van der Waals surface area contributed by atoms with Crippen molar-refractivity contribution in [3.8, 4) is 17.0 Å². The molecule has 1 unspecified atom stereocenters. The van der Waals surface area contributed by atoms with Gasteiger partial charge in [-0.15, -0.1) is 0 Å². The second-order valence-electron chi connectivity index (χ2n) is 4.49. The second-order valence-corrected chi connectivity index (χ2v) is 4.49. The summed E-state index contributed by atoms with van der Waals surface area (Å²) in [4.78, 5) is 12.5. The summed E-state index contributed by atoms with van der Waals surface area (Å²) in [5.41, 5.74) is 1.34. The van der Waals surface area contributed by atoms with Gasteiger partial charge in [0.15, 0.2) is 0 Å². The first-order valence-corrected chi connectivity index (χ1v) is 6.26. The van der Waals surface area contributed by atoms with Crippen molar-refractivity contribution < 1.29 is 5.11 Å². The molecule has 1 aliphatic heterocycles. The number of hydrogen-bond donors (Lipinski definition) is 3. The van der Waals surface area contributed by atoms with E-state index in [0.717, 1.165) is 19.5 Å². The van der Waals surface area contributed by atoms with Crippen molar-refractivity contribution in [3.05, 3.63) is 30.7 Å². The van der Waals surface area contributed by atoms with E-state index in [-0.39, 0.29) is 5.75 Å². The number of rotatable bonds is 3. The molecule has 0 spiro atoms. The van der Waals surface area contributed by atoms with Gasteiger partial charge in [0.2, 0.25) is 5.95 Å². The van der Waals surface area contributed by atoms with Crippen LogP contribution in [0.4, 0.5) is 5.95 Å². The zero-order valence-electron chi connectivity index (χ0n) is 10.4. The zero-order valence-corrected chi connectivity index (χ0v) is 10.4. The number of aromatic nitrogens is 3. The van der Waals surface area contributed by atoms with E-state index in [0.29, 0.717) is 23.2 Å². The Hall–Kier alpha value is -2.21. The molecule has 2 aromatic heterocycles. The minimum atomic E-state index is 0.120. The smallest absolute Gasteiger partial charge is 0.223 e. The van der Waals surface area contributed by atoms with Crippen LogP contribution in [0.15, 0.2) is 30.7 Å². The van der Waals surface area contributed by atoms with Crippen LogP contribution < -0.4 is 10.6 Å². The lowest BCUT2D eigenvalue weighted by Crippen LogP contribution is -2.23. The topological polar surface area (TPSA) is 83.0 Å². The van der Waals surface area contributed by atoms with E-state index in [1.165, 1.54) is 6.20 Å². The van der Waals surface area contributed by atoms with Gasteiger partial charge in [-0.3, -0.25) is 4.98 Å². The van der Waals surface area contributed by atoms with Crippen molar-refractivity contribution in [2.24, 2.45) is 0 Å². The van der Waals surface area contributed by atoms with E-state index in [2.05, 4.69) is 25.6 Å². The van der Waals surface area contributed by atoms with E-state index in [9.17, 15) is 5.11 Å². The lowest BCUT2D eigenvalue weighted by atomic mass is 10.2. The molecule has 2 aromatic rings. The van der Waals surface area contributed by atoms with Gasteiger partial charge in [0, 0.05) is 30.5 Å². The molecule has 0 aromatic carbocycles. The molecular formula is C13H15N5O. The molecule has 1 aliphatic rings. The zero-order chi connectivity index (χ0) is 13.1. The van der Waals surface area contributed by atoms with E-state index in [1.54, 1.807) is 24.5 Å². The minimum absolute atomic E-state index is 0.120. The van der Waals surface area contributed by atoms with E-state index in [1.807, 2.05) is 0 Å². The van der Waals surface area contributed by atoms with Crippen molar-refractivity contribution in [2.75, 3.05) is 18.4 Å².